The maximum Gasteiger partial charge on any atom is 0.343 e. The number of aromatic nitrogens is 1. The van der Waals surface area contributed by atoms with Gasteiger partial charge in [0.25, 0.3) is 0 Å². The number of hydrogen-bond donors (Lipinski definition) is 1. The first-order chi connectivity index (χ1) is 8.47. The highest BCUT2D eigenvalue weighted by molar-refractivity contribution is 7.10. The van der Waals surface area contributed by atoms with Crippen molar-refractivity contribution >= 4 is 22.5 Å². The van der Waals surface area contributed by atoms with Crippen molar-refractivity contribution in [2.24, 2.45) is 11.8 Å². The van der Waals surface area contributed by atoms with Gasteiger partial charge in [0.1, 0.15) is 10.6 Å². The summed E-state index contributed by atoms with van der Waals surface area (Å²) in [6, 6.07) is 0. The van der Waals surface area contributed by atoms with Gasteiger partial charge < -0.3 is 10.1 Å². The van der Waals surface area contributed by atoms with Crippen molar-refractivity contribution in [3.05, 3.63) is 11.3 Å². The lowest BCUT2D eigenvalue weighted by Gasteiger charge is -2.16. The Balaban J connectivity index is 2.75. The first-order valence-corrected chi connectivity index (χ1v) is 7.11. The zero-order valence-corrected chi connectivity index (χ0v) is 12.6. The molecule has 0 spiro atoms. The van der Waals surface area contributed by atoms with E-state index in [4.69, 9.17) is 4.74 Å². The molecule has 0 radical (unpaired) electrons. The molecule has 1 N–H and O–H groups in total. The fourth-order valence-electron chi connectivity index (χ4n) is 1.42. The Morgan fingerprint density at radius 2 is 2.11 bits per heavy atom. The number of nitrogens with zero attached hydrogens (tertiary/aromatic N) is 1. The van der Waals surface area contributed by atoms with Crippen LogP contribution in [-0.2, 0) is 4.74 Å². The Morgan fingerprint density at radius 1 is 1.44 bits per heavy atom. The van der Waals surface area contributed by atoms with Crippen LogP contribution in [0.25, 0.3) is 0 Å². The minimum atomic E-state index is -0.288. The van der Waals surface area contributed by atoms with E-state index >= 15 is 0 Å². The van der Waals surface area contributed by atoms with Crippen molar-refractivity contribution in [3.63, 3.8) is 0 Å². The third-order valence-corrected chi connectivity index (χ3v) is 3.96. The van der Waals surface area contributed by atoms with Crippen LogP contribution in [-0.4, -0.2) is 23.5 Å². The predicted octanol–water partition coefficient (Wildman–Crippen LogP) is 3.33. The van der Waals surface area contributed by atoms with Crippen LogP contribution < -0.4 is 5.32 Å². The lowest BCUT2D eigenvalue weighted by molar-refractivity contribution is 0.0527. The van der Waals surface area contributed by atoms with Crippen molar-refractivity contribution in [3.8, 4) is 0 Å². The molecule has 0 fully saturated rings. The van der Waals surface area contributed by atoms with Crippen LogP contribution in [0, 0.1) is 18.8 Å². The summed E-state index contributed by atoms with van der Waals surface area (Å²) in [4.78, 5) is 11.8. The largest absolute Gasteiger partial charge is 0.462 e. The van der Waals surface area contributed by atoms with Crippen LogP contribution in [0.5, 0.6) is 0 Å². The van der Waals surface area contributed by atoms with E-state index in [-0.39, 0.29) is 5.97 Å². The fraction of sp³-hybridized carbons (Fsp3) is 0.692. The lowest BCUT2D eigenvalue weighted by atomic mass is 9.98. The van der Waals surface area contributed by atoms with E-state index in [2.05, 4.69) is 30.5 Å². The van der Waals surface area contributed by atoms with Gasteiger partial charge >= 0.3 is 5.97 Å². The van der Waals surface area contributed by atoms with Crippen molar-refractivity contribution < 1.29 is 9.53 Å². The zero-order chi connectivity index (χ0) is 13.7. The summed E-state index contributed by atoms with van der Waals surface area (Å²) < 4.78 is 9.27. The van der Waals surface area contributed by atoms with Crippen molar-refractivity contribution in [1.82, 2.24) is 4.37 Å². The van der Waals surface area contributed by atoms with Gasteiger partial charge in [-0.1, -0.05) is 20.8 Å². The lowest BCUT2D eigenvalue weighted by Crippen LogP contribution is -2.17. The topological polar surface area (TPSA) is 51.2 Å². The Kier molecular flexibility index (Phi) is 5.59. The SMILES string of the molecule is CCOC(=O)c1c(C)nsc1NCC(C)C(C)C. The van der Waals surface area contributed by atoms with E-state index in [1.165, 1.54) is 11.5 Å². The number of esters is 1. The third-order valence-electron chi connectivity index (χ3n) is 3.06. The van der Waals surface area contributed by atoms with Crippen molar-refractivity contribution in [2.45, 2.75) is 34.6 Å². The zero-order valence-electron chi connectivity index (χ0n) is 11.7. The summed E-state index contributed by atoms with van der Waals surface area (Å²) >= 11 is 1.32. The van der Waals surface area contributed by atoms with Gasteiger partial charge in [-0.3, -0.25) is 0 Å². The number of nitrogens with one attached hydrogen (secondary N) is 1. The number of ether oxygens (including phenoxy) is 1. The molecule has 1 unspecified atom stereocenters. The molecule has 0 saturated heterocycles. The van der Waals surface area contributed by atoms with Crippen molar-refractivity contribution in [2.75, 3.05) is 18.5 Å². The molecular weight excluding hydrogens is 248 g/mol. The molecule has 1 aromatic rings. The number of carbonyl (C=O) groups excluding carboxylic acids is 1. The van der Waals surface area contributed by atoms with Crippen LogP contribution in [0.2, 0.25) is 0 Å². The highest BCUT2D eigenvalue weighted by Gasteiger charge is 2.20. The Bertz CT molecular complexity index is 402. The molecular formula is C13H22N2O2S. The molecule has 0 bridgehead atoms. The van der Waals surface area contributed by atoms with Crippen LogP contribution in [0.1, 0.15) is 43.7 Å². The second kappa shape index (κ2) is 6.73. The molecule has 0 saturated carbocycles. The van der Waals surface area contributed by atoms with Gasteiger partial charge in [-0.2, -0.15) is 4.37 Å². The van der Waals surface area contributed by atoms with Crippen molar-refractivity contribution in [1.29, 1.82) is 0 Å². The molecule has 0 amide bonds. The second-order valence-corrected chi connectivity index (χ2v) is 5.57. The average molecular weight is 270 g/mol. The number of anilines is 1. The summed E-state index contributed by atoms with van der Waals surface area (Å²) in [5.41, 5.74) is 1.32. The Morgan fingerprint density at radius 3 is 2.67 bits per heavy atom. The maximum atomic E-state index is 11.8. The van der Waals surface area contributed by atoms with E-state index in [0.29, 0.717) is 24.0 Å². The molecule has 4 nitrogen and oxygen atoms in total. The fourth-order valence-corrected chi connectivity index (χ4v) is 2.21. The Labute approximate surface area is 113 Å². The van der Waals surface area contributed by atoms with Gasteiger partial charge in [-0.05, 0) is 37.2 Å². The summed E-state index contributed by atoms with van der Waals surface area (Å²) in [5, 5.41) is 4.13. The highest BCUT2D eigenvalue weighted by atomic mass is 32.1. The van der Waals surface area contributed by atoms with Gasteiger partial charge in [0.15, 0.2) is 0 Å². The first-order valence-electron chi connectivity index (χ1n) is 6.34. The summed E-state index contributed by atoms with van der Waals surface area (Å²) in [7, 11) is 0. The summed E-state index contributed by atoms with van der Waals surface area (Å²) in [6.07, 6.45) is 0. The predicted molar refractivity (Wildman–Crippen MR) is 75.3 cm³/mol. The average Bonchev–Trinajstić information content (AvgIpc) is 2.67. The molecule has 1 heterocycles. The molecule has 0 aromatic carbocycles. The normalized spacial score (nSPS) is 12.6. The molecule has 18 heavy (non-hydrogen) atoms. The molecule has 0 aliphatic heterocycles. The number of aryl methyl sites for hydroxylation is 1. The number of carbonyl (C=O) groups is 1. The molecule has 0 aliphatic rings. The molecule has 0 aliphatic carbocycles. The van der Waals surface area contributed by atoms with E-state index in [0.717, 1.165) is 17.2 Å². The van der Waals surface area contributed by atoms with Gasteiger partial charge in [0.2, 0.25) is 0 Å². The minimum Gasteiger partial charge on any atom is -0.462 e. The van der Waals surface area contributed by atoms with Gasteiger partial charge in [0, 0.05) is 6.54 Å². The van der Waals surface area contributed by atoms with E-state index in [1.54, 1.807) is 6.92 Å². The molecule has 1 aromatic heterocycles. The van der Waals surface area contributed by atoms with Gasteiger partial charge in [-0.15, -0.1) is 0 Å². The van der Waals surface area contributed by atoms with Crippen LogP contribution >= 0.6 is 11.5 Å². The first kappa shape index (κ1) is 15.0. The second-order valence-electron chi connectivity index (χ2n) is 4.79. The molecule has 1 rings (SSSR count). The number of hydrogen-bond acceptors (Lipinski definition) is 5. The molecule has 5 heteroatoms. The third kappa shape index (κ3) is 3.70. The minimum absolute atomic E-state index is 0.288. The van der Waals surface area contributed by atoms with E-state index in [9.17, 15) is 4.79 Å². The summed E-state index contributed by atoms with van der Waals surface area (Å²) in [5.74, 6) is 0.864. The smallest absolute Gasteiger partial charge is 0.343 e. The highest BCUT2D eigenvalue weighted by Crippen LogP contribution is 2.26. The van der Waals surface area contributed by atoms with E-state index < -0.39 is 0 Å². The van der Waals surface area contributed by atoms with Gasteiger partial charge in [0.05, 0.1) is 12.3 Å². The monoisotopic (exact) mass is 270 g/mol. The Hall–Kier alpha value is -1.10. The van der Waals surface area contributed by atoms with Crippen LogP contribution in [0.15, 0.2) is 0 Å². The molecule has 1 atom stereocenters. The maximum absolute atomic E-state index is 11.8. The van der Waals surface area contributed by atoms with Gasteiger partial charge in [-0.25, -0.2) is 4.79 Å². The van der Waals surface area contributed by atoms with E-state index in [1.807, 2.05) is 6.92 Å². The number of rotatable bonds is 6. The van der Waals surface area contributed by atoms with Crippen LogP contribution in [0.4, 0.5) is 5.00 Å². The summed E-state index contributed by atoms with van der Waals surface area (Å²) in [6.45, 7) is 11.4. The quantitative estimate of drug-likeness (QED) is 0.806. The standard InChI is InChI=1S/C13H22N2O2S/c1-6-17-13(16)11-10(5)15-18-12(11)14-7-9(4)8(2)3/h8-9,14H,6-7H2,1-5H3. The molecule has 102 valence electrons. The van der Waals surface area contributed by atoms with Crippen LogP contribution in [0.3, 0.4) is 0 Å².